The van der Waals surface area contributed by atoms with Gasteiger partial charge in [0.2, 0.25) is 11.9 Å². The summed E-state index contributed by atoms with van der Waals surface area (Å²) < 4.78 is 3.27. The number of carbonyl (C=O) groups is 2. The molecule has 1 aliphatic rings. The molecule has 0 radical (unpaired) electrons. The van der Waals surface area contributed by atoms with E-state index in [0.717, 1.165) is 55.3 Å². The van der Waals surface area contributed by atoms with E-state index < -0.39 is 6.04 Å². The van der Waals surface area contributed by atoms with Crippen LogP contribution in [-0.4, -0.2) is 47.4 Å². The van der Waals surface area contributed by atoms with Crippen LogP contribution in [0.25, 0.3) is 11.3 Å². The maximum absolute atomic E-state index is 13.3. The summed E-state index contributed by atoms with van der Waals surface area (Å²) in [5.41, 5.74) is 3.17. The zero-order chi connectivity index (χ0) is 23.4. The Morgan fingerprint density at radius 3 is 2.27 bits per heavy atom. The number of nitrogens with zero attached hydrogens (tertiary/aromatic N) is 6. The molecular weight excluding hydrogens is 420 g/mol. The summed E-state index contributed by atoms with van der Waals surface area (Å²) in [7, 11) is 3.56. The molecule has 1 aliphatic carbocycles. The van der Waals surface area contributed by atoms with Crippen LogP contribution in [0.3, 0.4) is 0 Å². The van der Waals surface area contributed by atoms with Gasteiger partial charge in [0, 0.05) is 38.2 Å². The minimum atomic E-state index is -0.673. The molecular formula is C23H30N8O2. The Labute approximate surface area is 192 Å². The smallest absolute Gasteiger partial charge is 0.270 e. The molecule has 1 unspecified atom stereocenters. The van der Waals surface area contributed by atoms with Gasteiger partial charge in [0.15, 0.2) is 0 Å². The van der Waals surface area contributed by atoms with Gasteiger partial charge in [-0.25, -0.2) is 9.97 Å². The van der Waals surface area contributed by atoms with Crippen molar-refractivity contribution in [1.82, 2.24) is 34.8 Å². The fourth-order valence-corrected chi connectivity index (χ4v) is 4.52. The molecule has 2 N–H and O–H groups in total. The maximum Gasteiger partial charge on any atom is 0.270 e. The number of hydrogen-bond acceptors (Lipinski definition) is 6. The SMILES string of the molecule is Cc1cnn(C)c1-c1cnc(NC(=O)C(NC(=O)c2ccnn2C)C2CCCCCC2)nc1. The van der Waals surface area contributed by atoms with Crippen LogP contribution in [0.4, 0.5) is 5.95 Å². The number of aromatic nitrogens is 6. The average Bonchev–Trinajstić information content (AvgIpc) is 3.26. The topological polar surface area (TPSA) is 120 Å². The molecule has 3 aromatic rings. The molecule has 10 nitrogen and oxygen atoms in total. The molecule has 174 valence electrons. The number of amides is 2. The van der Waals surface area contributed by atoms with Gasteiger partial charge in [0.25, 0.3) is 5.91 Å². The zero-order valence-corrected chi connectivity index (χ0v) is 19.3. The molecule has 0 aromatic carbocycles. The normalized spacial score (nSPS) is 15.6. The van der Waals surface area contributed by atoms with Crippen molar-refractivity contribution in [3.63, 3.8) is 0 Å². The second-order valence-corrected chi connectivity index (χ2v) is 8.63. The average molecular weight is 451 g/mol. The molecule has 33 heavy (non-hydrogen) atoms. The first kappa shape index (κ1) is 22.6. The minimum absolute atomic E-state index is 0.0565. The van der Waals surface area contributed by atoms with Crippen molar-refractivity contribution in [2.24, 2.45) is 20.0 Å². The van der Waals surface area contributed by atoms with Gasteiger partial charge in [-0.15, -0.1) is 0 Å². The standard InChI is InChI=1S/C23H30N8O2/c1-15-12-27-31(3)20(15)17-13-24-23(25-14-17)29-22(33)19(16-8-6-4-5-7-9-16)28-21(32)18-10-11-26-30(18)2/h10-14,16,19H,4-9H2,1-3H3,(H,28,32)(H,24,25,29,33). The van der Waals surface area contributed by atoms with Gasteiger partial charge in [0.05, 0.1) is 11.9 Å². The summed E-state index contributed by atoms with van der Waals surface area (Å²) in [5.74, 6) is -0.359. The predicted octanol–water partition coefficient (Wildman–Crippen LogP) is 2.63. The summed E-state index contributed by atoms with van der Waals surface area (Å²) in [6.07, 6.45) is 12.9. The lowest BCUT2D eigenvalue weighted by Gasteiger charge is -2.26. The minimum Gasteiger partial charge on any atom is -0.339 e. The second-order valence-electron chi connectivity index (χ2n) is 8.63. The number of carbonyl (C=O) groups excluding carboxylic acids is 2. The fraction of sp³-hybridized carbons (Fsp3) is 0.478. The number of anilines is 1. The largest absolute Gasteiger partial charge is 0.339 e. The third-order valence-corrected chi connectivity index (χ3v) is 6.28. The number of aryl methyl sites for hydroxylation is 3. The van der Waals surface area contributed by atoms with Gasteiger partial charge in [-0.05, 0) is 37.3 Å². The van der Waals surface area contributed by atoms with E-state index in [0.29, 0.717) is 5.69 Å². The molecule has 0 saturated heterocycles. The predicted molar refractivity (Wildman–Crippen MR) is 123 cm³/mol. The number of rotatable bonds is 6. The van der Waals surface area contributed by atoms with Gasteiger partial charge in [0.1, 0.15) is 11.7 Å². The van der Waals surface area contributed by atoms with Crippen molar-refractivity contribution >= 4 is 17.8 Å². The Morgan fingerprint density at radius 2 is 1.70 bits per heavy atom. The van der Waals surface area contributed by atoms with Gasteiger partial charge >= 0.3 is 0 Å². The molecule has 3 heterocycles. The van der Waals surface area contributed by atoms with Crippen molar-refractivity contribution in [3.05, 3.63) is 42.1 Å². The van der Waals surface area contributed by atoms with Crippen LogP contribution in [-0.2, 0) is 18.9 Å². The van der Waals surface area contributed by atoms with E-state index in [1.54, 1.807) is 42.6 Å². The maximum atomic E-state index is 13.3. The first-order valence-corrected chi connectivity index (χ1v) is 11.3. The molecule has 10 heteroatoms. The summed E-state index contributed by atoms with van der Waals surface area (Å²) in [4.78, 5) is 34.8. The van der Waals surface area contributed by atoms with Crippen LogP contribution in [0.15, 0.2) is 30.9 Å². The van der Waals surface area contributed by atoms with Crippen LogP contribution in [0.1, 0.15) is 54.6 Å². The van der Waals surface area contributed by atoms with Crippen molar-refractivity contribution in [1.29, 1.82) is 0 Å². The molecule has 1 saturated carbocycles. The summed E-state index contributed by atoms with van der Waals surface area (Å²) in [6, 6.07) is 0.965. The van der Waals surface area contributed by atoms with Crippen molar-refractivity contribution < 1.29 is 9.59 Å². The fourth-order valence-electron chi connectivity index (χ4n) is 4.52. The number of nitrogens with one attached hydrogen (secondary N) is 2. The summed E-state index contributed by atoms with van der Waals surface area (Å²) in [5, 5.41) is 14.1. The molecule has 4 rings (SSSR count). The molecule has 1 fully saturated rings. The monoisotopic (exact) mass is 450 g/mol. The Morgan fingerprint density at radius 1 is 1.00 bits per heavy atom. The lowest BCUT2D eigenvalue weighted by atomic mass is 9.91. The van der Waals surface area contributed by atoms with Crippen LogP contribution in [0.5, 0.6) is 0 Å². The Kier molecular flexibility index (Phi) is 6.81. The van der Waals surface area contributed by atoms with Gasteiger partial charge in [-0.2, -0.15) is 10.2 Å². The zero-order valence-electron chi connectivity index (χ0n) is 19.3. The van der Waals surface area contributed by atoms with E-state index >= 15 is 0 Å². The van der Waals surface area contributed by atoms with Crippen LogP contribution in [0.2, 0.25) is 0 Å². The van der Waals surface area contributed by atoms with E-state index in [1.165, 1.54) is 4.68 Å². The van der Waals surface area contributed by atoms with Crippen molar-refractivity contribution in [3.8, 4) is 11.3 Å². The Balaban J connectivity index is 1.52. The van der Waals surface area contributed by atoms with Crippen LogP contribution in [0, 0.1) is 12.8 Å². The van der Waals surface area contributed by atoms with Crippen LogP contribution >= 0.6 is 0 Å². The van der Waals surface area contributed by atoms with E-state index in [1.807, 2.05) is 14.0 Å². The lowest BCUT2D eigenvalue weighted by Crippen LogP contribution is -2.49. The third kappa shape index (κ3) is 5.10. The molecule has 0 bridgehead atoms. The second kappa shape index (κ2) is 9.93. The van der Waals surface area contributed by atoms with E-state index in [-0.39, 0.29) is 23.7 Å². The lowest BCUT2D eigenvalue weighted by molar-refractivity contribution is -0.119. The Hall–Kier alpha value is -3.56. The quantitative estimate of drug-likeness (QED) is 0.557. The van der Waals surface area contributed by atoms with Gasteiger partial charge < -0.3 is 5.32 Å². The Bertz CT molecular complexity index is 1090. The first-order valence-electron chi connectivity index (χ1n) is 11.3. The molecule has 0 aliphatic heterocycles. The molecule has 3 aromatic heterocycles. The highest BCUT2D eigenvalue weighted by Crippen LogP contribution is 2.27. The highest BCUT2D eigenvalue weighted by molar-refractivity contribution is 6.00. The number of hydrogen-bond donors (Lipinski definition) is 2. The molecule has 0 spiro atoms. The van der Waals surface area contributed by atoms with E-state index in [9.17, 15) is 9.59 Å². The highest BCUT2D eigenvalue weighted by Gasteiger charge is 2.31. The van der Waals surface area contributed by atoms with Gasteiger partial charge in [-0.1, -0.05) is 25.7 Å². The van der Waals surface area contributed by atoms with E-state index in [2.05, 4.69) is 30.8 Å². The molecule has 1 atom stereocenters. The van der Waals surface area contributed by atoms with Crippen molar-refractivity contribution in [2.45, 2.75) is 51.5 Å². The summed E-state index contributed by atoms with van der Waals surface area (Å²) >= 11 is 0. The van der Waals surface area contributed by atoms with Gasteiger partial charge in [-0.3, -0.25) is 24.3 Å². The van der Waals surface area contributed by atoms with Crippen molar-refractivity contribution in [2.75, 3.05) is 5.32 Å². The third-order valence-electron chi connectivity index (χ3n) is 6.28. The van der Waals surface area contributed by atoms with E-state index in [4.69, 9.17) is 0 Å². The van der Waals surface area contributed by atoms with Crippen LogP contribution < -0.4 is 10.6 Å². The summed E-state index contributed by atoms with van der Waals surface area (Å²) in [6.45, 7) is 1.97. The molecule has 2 amide bonds. The highest BCUT2D eigenvalue weighted by atomic mass is 16.2. The first-order chi connectivity index (χ1) is 15.9.